The summed E-state index contributed by atoms with van der Waals surface area (Å²) in [5.74, 6) is 0.350. The highest BCUT2D eigenvalue weighted by atomic mass is 35.5. The fraction of sp³-hybridized carbons (Fsp3) is 0.611. The molecule has 132 valence electrons. The van der Waals surface area contributed by atoms with Crippen LogP contribution < -0.4 is 0 Å². The summed E-state index contributed by atoms with van der Waals surface area (Å²) in [5.41, 5.74) is 2.17. The lowest BCUT2D eigenvalue weighted by Gasteiger charge is -2.24. The van der Waals surface area contributed by atoms with Crippen LogP contribution in [0.5, 0.6) is 0 Å². The van der Waals surface area contributed by atoms with Crippen LogP contribution in [-0.2, 0) is 16.0 Å². The molecule has 1 heterocycles. The van der Waals surface area contributed by atoms with Gasteiger partial charge in [0, 0.05) is 16.9 Å². The van der Waals surface area contributed by atoms with Crippen molar-refractivity contribution in [2.75, 3.05) is 19.0 Å². The number of hydrogen-bond acceptors (Lipinski definition) is 3. The van der Waals surface area contributed by atoms with Gasteiger partial charge in [0.05, 0.1) is 0 Å². The van der Waals surface area contributed by atoms with Crippen molar-refractivity contribution in [1.29, 1.82) is 0 Å². The van der Waals surface area contributed by atoms with Crippen LogP contribution in [-0.4, -0.2) is 35.4 Å². The molecule has 0 amide bonds. The molecular formula is C18H22ClFO3S. The standard InChI is InChI=1S/C18H22ClFO3S/c19-15-4-3-13(14(15)5-6-23-10-17(21)22)12-8-11-2-1-7-24-18(11)16(20)9-12/h8-9,13-15H,1-7,10H2,(H,21,22). The number of rotatable bonds is 6. The first-order valence-electron chi connectivity index (χ1n) is 8.45. The third-order valence-electron chi connectivity index (χ3n) is 4.96. The number of benzene rings is 1. The summed E-state index contributed by atoms with van der Waals surface area (Å²) < 4.78 is 19.6. The second kappa shape index (κ2) is 8.07. The average Bonchev–Trinajstić information content (AvgIpc) is 2.92. The number of aliphatic carboxylic acids is 1. The van der Waals surface area contributed by atoms with E-state index < -0.39 is 5.97 Å². The number of thioether (sulfide) groups is 1. The van der Waals surface area contributed by atoms with E-state index in [4.69, 9.17) is 21.4 Å². The normalized spacial score (nSPS) is 26.3. The Hall–Kier alpha value is -0.780. The van der Waals surface area contributed by atoms with Crippen molar-refractivity contribution < 1.29 is 19.0 Å². The van der Waals surface area contributed by atoms with Gasteiger partial charge in [-0.05, 0) is 66.9 Å². The molecule has 3 atom stereocenters. The quantitative estimate of drug-likeness (QED) is 0.591. The largest absolute Gasteiger partial charge is 0.480 e. The van der Waals surface area contributed by atoms with Crippen molar-refractivity contribution in [3.63, 3.8) is 0 Å². The van der Waals surface area contributed by atoms with Crippen molar-refractivity contribution in [2.45, 2.75) is 48.3 Å². The van der Waals surface area contributed by atoms with E-state index in [2.05, 4.69) is 6.07 Å². The van der Waals surface area contributed by atoms with Crippen LogP contribution in [0.3, 0.4) is 0 Å². The lowest BCUT2D eigenvalue weighted by Crippen LogP contribution is -2.18. The van der Waals surface area contributed by atoms with Crippen LogP contribution in [0, 0.1) is 11.7 Å². The van der Waals surface area contributed by atoms with E-state index in [1.165, 1.54) is 0 Å². The number of halogens is 2. The monoisotopic (exact) mass is 372 g/mol. The minimum absolute atomic E-state index is 0.0388. The van der Waals surface area contributed by atoms with Crippen molar-refractivity contribution in [2.24, 2.45) is 5.92 Å². The molecule has 1 aromatic carbocycles. The molecular weight excluding hydrogens is 351 g/mol. The van der Waals surface area contributed by atoms with Gasteiger partial charge in [-0.1, -0.05) is 6.07 Å². The van der Waals surface area contributed by atoms with Crippen LogP contribution >= 0.6 is 23.4 Å². The van der Waals surface area contributed by atoms with Gasteiger partial charge in [-0.25, -0.2) is 9.18 Å². The van der Waals surface area contributed by atoms with E-state index >= 15 is 0 Å². The number of carbonyl (C=O) groups is 1. The number of ether oxygens (including phenoxy) is 1. The van der Waals surface area contributed by atoms with Gasteiger partial charge in [0.1, 0.15) is 12.4 Å². The number of fused-ring (bicyclic) bond motifs is 1. The highest BCUT2D eigenvalue weighted by Gasteiger charge is 2.36. The smallest absolute Gasteiger partial charge is 0.329 e. The molecule has 3 nitrogen and oxygen atoms in total. The van der Waals surface area contributed by atoms with Crippen LogP contribution in [0.15, 0.2) is 17.0 Å². The second-order valence-electron chi connectivity index (χ2n) is 6.54. The van der Waals surface area contributed by atoms with Gasteiger partial charge in [0.25, 0.3) is 0 Å². The molecule has 0 radical (unpaired) electrons. The molecule has 1 saturated carbocycles. The molecule has 6 heteroatoms. The van der Waals surface area contributed by atoms with Crippen molar-refractivity contribution in [3.05, 3.63) is 29.1 Å². The highest BCUT2D eigenvalue weighted by molar-refractivity contribution is 7.99. The van der Waals surface area contributed by atoms with Gasteiger partial charge in [0.2, 0.25) is 0 Å². The summed E-state index contributed by atoms with van der Waals surface area (Å²) in [6.07, 6.45) is 4.60. The number of aryl methyl sites for hydroxylation is 1. The summed E-state index contributed by atoms with van der Waals surface area (Å²) in [5, 5.41) is 8.67. The summed E-state index contributed by atoms with van der Waals surface area (Å²) in [6, 6.07) is 3.84. The molecule has 3 rings (SSSR count). The molecule has 3 unspecified atom stereocenters. The molecule has 0 saturated heterocycles. The van der Waals surface area contributed by atoms with Gasteiger partial charge >= 0.3 is 5.97 Å². The SMILES string of the molecule is O=C(O)COCCC1C(Cl)CCC1c1cc(F)c2c(c1)CCCS2. The van der Waals surface area contributed by atoms with Gasteiger partial charge < -0.3 is 9.84 Å². The predicted molar refractivity (Wildman–Crippen MR) is 93.6 cm³/mol. The zero-order valence-corrected chi connectivity index (χ0v) is 15.0. The Bertz CT molecular complexity index is 610. The average molecular weight is 373 g/mol. The number of alkyl halides is 1. The Balaban J connectivity index is 1.72. The lowest BCUT2D eigenvalue weighted by atomic mass is 9.85. The van der Waals surface area contributed by atoms with Gasteiger partial charge in [-0.3, -0.25) is 0 Å². The van der Waals surface area contributed by atoms with E-state index in [0.717, 1.165) is 47.5 Å². The topological polar surface area (TPSA) is 46.5 Å². The van der Waals surface area contributed by atoms with E-state index in [9.17, 15) is 9.18 Å². The Morgan fingerprint density at radius 1 is 1.42 bits per heavy atom. The Kier molecular flexibility index (Phi) is 6.06. The van der Waals surface area contributed by atoms with Gasteiger partial charge in [-0.2, -0.15) is 0 Å². The summed E-state index contributed by atoms with van der Waals surface area (Å²) in [4.78, 5) is 11.3. The lowest BCUT2D eigenvalue weighted by molar-refractivity contribution is -0.142. The Morgan fingerprint density at radius 3 is 3.04 bits per heavy atom. The van der Waals surface area contributed by atoms with Gasteiger partial charge in [0.15, 0.2) is 0 Å². The second-order valence-corrected chi connectivity index (χ2v) is 8.21. The number of carboxylic acid groups (broad SMARTS) is 1. The van der Waals surface area contributed by atoms with E-state index in [1.807, 2.05) is 0 Å². The first-order valence-corrected chi connectivity index (χ1v) is 9.87. The Labute approximate surface area is 150 Å². The number of carboxylic acids is 1. The molecule has 1 fully saturated rings. The van der Waals surface area contributed by atoms with Gasteiger partial charge in [-0.15, -0.1) is 23.4 Å². The van der Waals surface area contributed by atoms with E-state index in [0.29, 0.717) is 13.0 Å². The third kappa shape index (κ3) is 4.06. The molecule has 0 spiro atoms. The molecule has 1 aliphatic heterocycles. The van der Waals surface area contributed by atoms with Crippen molar-refractivity contribution in [1.82, 2.24) is 0 Å². The van der Waals surface area contributed by atoms with Crippen molar-refractivity contribution in [3.8, 4) is 0 Å². The first kappa shape index (κ1) is 18.0. The zero-order chi connectivity index (χ0) is 17.1. The third-order valence-corrected chi connectivity index (χ3v) is 6.74. The van der Waals surface area contributed by atoms with Crippen LogP contribution in [0.25, 0.3) is 0 Å². The maximum absolute atomic E-state index is 14.5. The fourth-order valence-corrected chi connectivity index (χ4v) is 5.33. The van der Waals surface area contributed by atoms with E-state index in [-0.39, 0.29) is 29.6 Å². The van der Waals surface area contributed by atoms with Crippen LogP contribution in [0.1, 0.15) is 42.7 Å². The molecule has 0 aromatic heterocycles. The highest BCUT2D eigenvalue weighted by Crippen LogP contribution is 2.46. The van der Waals surface area contributed by atoms with E-state index in [1.54, 1.807) is 17.8 Å². The fourth-order valence-electron chi connectivity index (χ4n) is 3.87. The molecule has 1 aliphatic carbocycles. The maximum Gasteiger partial charge on any atom is 0.329 e. The minimum atomic E-state index is -0.963. The summed E-state index contributed by atoms with van der Waals surface area (Å²) in [6.45, 7) is 0.0923. The minimum Gasteiger partial charge on any atom is -0.480 e. The molecule has 2 aliphatic rings. The van der Waals surface area contributed by atoms with Crippen LogP contribution in [0.4, 0.5) is 4.39 Å². The molecule has 1 N–H and O–H groups in total. The number of hydrogen-bond donors (Lipinski definition) is 1. The first-order chi connectivity index (χ1) is 11.6. The zero-order valence-electron chi connectivity index (χ0n) is 13.5. The Morgan fingerprint density at radius 2 is 2.25 bits per heavy atom. The molecule has 1 aromatic rings. The predicted octanol–water partition coefficient (Wildman–Crippen LogP) is 4.46. The molecule has 24 heavy (non-hydrogen) atoms. The maximum atomic E-state index is 14.5. The summed E-state index contributed by atoms with van der Waals surface area (Å²) in [7, 11) is 0. The summed E-state index contributed by atoms with van der Waals surface area (Å²) >= 11 is 8.09. The molecule has 0 bridgehead atoms. The van der Waals surface area contributed by atoms with Crippen molar-refractivity contribution >= 4 is 29.3 Å². The van der Waals surface area contributed by atoms with Crippen LogP contribution in [0.2, 0.25) is 0 Å².